The van der Waals surface area contributed by atoms with Crippen LogP contribution in [0.4, 0.5) is 5.69 Å². The summed E-state index contributed by atoms with van der Waals surface area (Å²) in [5.41, 5.74) is 1.02. The van der Waals surface area contributed by atoms with Gasteiger partial charge in [-0.2, -0.15) is 0 Å². The maximum Gasteiger partial charge on any atom is 0.263 e. The normalized spacial score (nSPS) is 15.8. The summed E-state index contributed by atoms with van der Waals surface area (Å²) in [5.74, 6) is 0.709. The van der Waals surface area contributed by atoms with Gasteiger partial charge in [0.2, 0.25) is 0 Å². The minimum Gasteiger partial charge on any atom is -0.481 e. The fourth-order valence-corrected chi connectivity index (χ4v) is 3.42. The highest BCUT2D eigenvalue weighted by atomic mass is 79.9. The first-order valence-corrected chi connectivity index (χ1v) is 9.42. The molecule has 1 amide bonds. The van der Waals surface area contributed by atoms with Crippen LogP contribution in [0.3, 0.4) is 0 Å². The molecule has 1 atom stereocenters. The molecule has 1 aliphatic heterocycles. The molecule has 1 unspecified atom stereocenters. The molecule has 0 bridgehead atoms. The van der Waals surface area contributed by atoms with Crippen LogP contribution in [-0.2, 0) is 4.79 Å². The predicted octanol–water partition coefficient (Wildman–Crippen LogP) is 4.22. The van der Waals surface area contributed by atoms with E-state index in [-0.39, 0.29) is 5.91 Å². The number of carbonyl (C=O) groups excluding carboxylic acids is 1. The number of benzene rings is 2. The lowest BCUT2D eigenvalue weighted by atomic mass is 10.2. The molecular formula is C19H20BrClN2O2. The third-order valence-corrected chi connectivity index (χ3v) is 5.11. The van der Waals surface area contributed by atoms with Gasteiger partial charge in [-0.05, 0) is 43.3 Å². The van der Waals surface area contributed by atoms with Crippen LogP contribution in [0.1, 0.15) is 6.92 Å². The van der Waals surface area contributed by atoms with Crippen LogP contribution in [0, 0.1) is 0 Å². The fourth-order valence-electron chi connectivity index (χ4n) is 2.90. The van der Waals surface area contributed by atoms with E-state index < -0.39 is 6.10 Å². The molecule has 0 radical (unpaired) electrons. The van der Waals surface area contributed by atoms with Crippen molar-refractivity contribution in [2.75, 3.05) is 31.1 Å². The Morgan fingerprint density at radius 3 is 2.36 bits per heavy atom. The predicted molar refractivity (Wildman–Crippen MR) is 104 cm³/mol. The van der Waals surface area contributed by atoms with Crippen LogP contribution in [0.25, 0.3) is 0 Å². The molecule has 25 heavy (non-hydrogen) atoms. The van der Waals surface area contributed by atoms with Crippen LogP contribution in [-0.4, -0.2) is 43.1 Å². The van der Waals surface area contributed by atoms with Gasteiger partial charge in [0, 0.05) is 30.7 Å². The number of rotatable bonds is 4. The second-order valence-corrected chi connectivity index (χ2v) is 7.30. The fraction of sp³-hybridized carbons (Fsp3) is 0.316. The molecule has 0 N–H and O–H groups in total. The zero-order chi connectivity index (χ0) is 17.8. The number of piperazine rings is 1. The van der Waals surface area contributed by atoms with Crippen molar-refractivity contribution in [3.05, 3.63) is 58.0 Å². The summed E-state index contributed by atoms with van der Waals surface area (Å²) >= 11 is 9.65. The number of hydrogen-bond donors (Lipinski definition) is 0. The van der Waals surface area contributed by atoms with Crippen molar-refractivity contribution >= 4 is 39.1 Å². The van der Waals surface area contributed by atoms with Crippen LogP contribution in [0.2, 0.25) is 5.02 Å². The summed E-state index contributed by atoms with van der Waals surface area (Å²) in [6.07, 6.45) is -0.506. The lowest BCUT2D eigenvalue weighted by Crippen LogP contribution is -2.52. The third-order valence-electron chi connectivity index (χ3n) is 4.26. The van der Waals surface area contributed by atoms with E-state index in [2.05, 4.69) is 20.8 Å². The Hall–Kier alpha value is -1.72. The Morgan fingerprint density at radius 1 is 1.08 bits per heavy atom. The molecule has 0 spiro atoms. The van der Waals surface area contributed by atoms with E-state index >= 15 is 0 Å². The summed E-state index contributed by atoms with van der Waals surface area (Å²) < 4.78 is 6.75. The Labute approximate surface area is 161 Å². The van der Waals surface area contributed by atoms with Crippen molar-refractivity contribution in [3.8, 4) is 5.75 Å². The maximum absolute atomic E-state index is 12.6. The molecule has 0 aromatic heterocycles. The first kappa shape index (κ1) is 18.1. The number of amides is 1. The molecule has 0 aliphatic carbocycles. The molecule has 132 valence electrons. The lowest BCUT2D eigenvalue weighted by Gasteiger charge is -2.37. The summed E-state index contributed by atoms with van der Waals surface area (Å²) in [6.45, 7) is 4.65. The molecule has 4 nitrogen and oxygen atoms in total. The van der Waals surface area contributed by atoms with Gasteiger partial charge in [0.25, 0.3) is 5.91 Å². The number of hydrogen-bond acceptors (Lipinski definition) is 3. The number of ether oxygens (including phenoxy) is 1. The summed E-state index contributed by atoms with van der Waals surface area (Å²) in [5, 5.41) is 0.745. The monoisotopic (exact) mass is 422 g/mol. The molecule has 1 heterocycles. The van der Waals surface area contributed by atoms with Crippen molar-refractivity contribution in [2.24, 2.45) is 0 Å². The van der Waals surface area contributed by atoms with Gasteiger partial charge in [-0.25, -0.2) is 0 Å². The molecule has 0 saturated carbocycles. The van der Waals surface area contributed by atoms with Crippen LogP contribution >= 0.6 is 27.5 Å². The zero-order valence-electron chi connectivity index (χ0n) is 14.0. The number of halogens is 2. The van der Waals surface area contributed by atoms with Crippen molar-refractivity contribution in [3.63, 3.8) is 0 Å². The van der Waals surface area contributed by atoms with Crippen molar-refractivity contribution in [2.45, 2.75) is 13.0 Å². The van der Waals surface area contributed by atoms with Crippen molar-refractivity contribution in [1.29, 1.82) is 0 Å². The smallest absolute Gasteiger partial charge is 0.263 e. The molecule has 1 fully saturated rings. The molecule has 3 rings (SSSR count). The van der Waals surface area contributed by atoms with Gasteiger partial charge in [-0.15, -0.1) is 0 Å². The Balaban J connectivity index is 1.56. The Bertz CT molecular complexity index is 730. The van der Waals surface area contributed by atoms with Gasteiger partial charge in [0.05, 0.1) is 10.7 Å². The van der Waals surface area contributed by atoms with E-state index in [1.165, 1.54) is 0 Å². The molecule has 1 saturated heterocycles. The van der Waals surface area contributed by atoms with E-state index in [9.17, 15) is 4.79 Å². The first-order valence-electron chi connectivity index (χ1n) is 8.25. The standard InChI is InChI=1S/C19H20BrClN2O2/c1-14(25-16-8-6-15(20)7-9-16)19(24)23-12-10-22(11-13-23)18-5-3-2-4-17(18)21/h2-9,14H,10-13H2,1H3. The van der Waals surface area contributed by atoms with Crippen molar-refractivity contribution < 1.29 is 9.53 Å². The van der Waals surface area contributed by atoms with Crippen LogP contribution in [0.5, 0.6) is 5.75 Å². The zero-order valence-corrected chi connectivity index (χ0v) is 16.3. The van der Waals surface area contributed by atoms with Crippen LogP contribution in [0.15, 0.2) is 53.0 Å². The summed E-state index contributed by atoms with van der Waals surface area (Å²) in [4.78, 5) is 16.7. The number of carbonyl (C=O) groups is 1. The van der Waals surface area contributed by atoms with E-state index in [1.54, 1.807) is 6.92 Å². The minimum absolute atomic E-state index is 0.0155. The molecule has 6 heteroatoms. The number of nitrogens with zero attached hydrogens (tertiary/aromatic N) is 2. The van der Waals surface area contributed by atoms with Gasteiger partial charge >= 0.3 is 0 Å². The van der Waals surface area contributed by atoms with E-state index in [0.29, 0.717) is 18.8 Å². The second kappa shape index (κ2) is 8.11. The van der Waals surface area contributed by atoms with Gasteiger partial charge in [0.15, 0.2) is 6.10 Å². The van der Waals surface area contributed by atoms with Gasteiger partial charge in [-0.1, -0.05) is 39.7 Å². The largest absolute Gasteiger partial charge is 0.481 e. The highest BCUT2D eigenvalue weighted by Gasteiger charge is 2.26. The highest BCUT2D eigenvalue weighted by molar-refractivity contribution is 9.10. The van der Waals surface area contributed by atoms with Gasteiger partial charge in [0.1, 0.15) is 5.75 Å². The molecule has 2 aromatic carbocycles. The van der Waals surface area contributed by atoms with Gasteiger partial charge < -0.3 is 14.5 Å². The summed E-state index contributed by atoms with van der Waals surface area (Å²) in [7, 11) is 0. The number of anilines is 1. The SMILES string of the molecule is CC(Oc1ccc(Br)cc1)C(=O)N1CCN(c2ccccc2Cl)CC1. The topological polar surface area (TPSA) is 32.8 Å². The minimum atomic E-state index is -0.506. The average molecular weight is 424 g/mol. The highest BCUT2D eigenvalue weighted by Crippen LogP contribution is 2.26. The lowest BCUT2D eigenvalue weighted by molar-refractivity contribution is -0.138. The third kappa shape index (κ3) is 4.47. The van der Waals surface area contributed by atoms with Crippen LogP contribution < -0.4 is 9.64 Å². The molecule has 2 aromatic rings. The maximum atomic E-state index is 12.6. The quantitative estimate of drug-likeness (QED) is 0.738. The first-order chi connectivity index (χ1) is 12.0. The van der Waals surface area contributed by atoms with Crippen molar-refractivity contribution in [1.82, 2.24) is 4.90 Å². The van der Waals surface area contributed by atoms with E-state index in [4.69, 9.17) is 16.3 Å². The molecular weight excluding hydrogens is 404 g/mol. The Kier molecular flexibility index (Phi) is 5.86. The average Bonchev–Trinajstić information content (AvgIpc) is 2.63. The Morgan fingerprint density at radius 2 is 1.72 bits per heavy atom. The van der Waals surface area contributed by atoms with E-state index in [0.717, 1.165) is 28.3 Å². The van der Waals surface area contributed by atoms with E-state index in [1.807, 2.05) is 53.4 Å². The molecule has 1 aliphatic rings. The number of para-hydroxylation sites is 1. The summed E-state index contributed by atoms with van der Waals surface area (Å²) in [6, 6.07) is 15.3. The van der Waals surface area contributed by atoms with Gasteiger partial charge in [-0.3, -0.25) is 4.79 Å². The second-order valence-electron chi connectivity index (χ2n) is 5.98.